The SMILES string of the molecule is C.CC(C)c1c(S(=O)(=O)Cl)c(-c2ccc(F)cc2)c(-c2ccc(F)cc2)n1CCC1C[C@@H](O)CC(=O)O1.CC(C)c1c(S(=O)(=O)Nc2ccccc2)c(-c2ccc(F)cc2)c(-c2ccc(F)cc2)n1CCC1C[C@@H](O)CC(=O)O1.Nc1ccccc1.[B]. The number of sulfonamides is 1. The molecule has 87 heavy (non-hydrogen) atoms. The van der Waals surface area contributed by atoms with Gasteiger partial charge in [0.05, 0.1) is 36.4 Å². The van der Waals surface area contributed by atoms with E-state index in [9.17, 15) is 54.2 Å². The molecule has 0 amide bonds. The lowest BCUT2D eigenvalue weighted by Crippen LogP contribution is -2.33. The van der Waals surface area contributed by atoms with E-state index in [2.05, 4.69) is 4.72 Å². The van der Waals surface area contributed by atoms with Crippen molar-refractivity contribution in [2.24, 2.45) is 0 Å². The summed E-state index contributed by atoms with van der Waals surface area (Å²) in [5, 5.41) is 20.2. The number of aliphatic hydroxyl groups excluding tert-OH is 2. The normalized spacial score (nSPS) is 16.7. The average Bonchev–Trinajstić information content (AvgIpc) is 1.62. The number of halogens is 5. The quantitative estimate of drug-likeness (QED) is 0.0235. The first-order valence-corrected chi connectivity index (χ1v) is 31.3. The van der Waals surface area contributed by atoms with Crippen LogP contribution in [0.1, 0.15) is 96.9 Å². The van der Waals surface area contributed by atoms with Gasteiger partial charge in [-0.2, -0.15) is 0 Å². The number of nitrogens with one attached hydrogen (secondary N) is 1. The molecule has 0 bridgehead atoms. The third-order valence-electron chi connectivity index (χ3n) is 14.3. The summed E-state index contributed by atoms with van der Waals surface area (Å²) in [6.07, 6.45) is -1.75. The summed E-state index contributed by atoms with van der Waals surface area (Å²) in [5.41, 5.74) is 11.0. The molecular weight excluding hydrogens is 1180 g/mol. The number of carbonyl (C=O) groups excluding carboxylic acids is 2. The number of aromatic nitrogens is 2. The summed E-state index contributed by atoms with van der Waals surface area (Å²) < 4.78 is 127. The molecule has 2 aliphatic heterocycles. The molecule has 2 saturated heterocycles. The summed E-state index contributed by atoms with van der Waals surface area (Å²) in [4.78, 5) is 23.8. The van der Waals surface area contributed by atoms with Crippen molar-refractivity contribution in [3.8, 4) is 44.8 Å². The fourth-order valence-electron chi connectivity index (χ4n) is 10.7. The van der Waals surface area contributed by atoms with Crippen LogP contribution in [-0.4, -0.2) is 81.0 Å². The molecule has 0 spiro atoms. The van der Waals surface area contributed by atoms with E-state index in [0.29, 0.717) is 69.1 Å². The summed E-state index contributed by atoms with van der Waals surface area (Å²) >= 11 is 0. The highest BCUT2D eigenvalue weighted by Crippen LogP contribution is 2.47. The fourth-order valence-corrected chi connectivity index (χ4v) is 13.9. The highest BCUT2D eigenvalue weighted by molar-refractivity contribution is 8.14. The average molecular weight is 1250 g/mol. The Morgan fingerprint density at radius 1 is 0.552 bits per heavy atom. The van der Waals surface area contributed by atoms with Crippen LogP contribution in [-0.2, 0) is 51.2 Å². The Kier molecular flexibility index (Phi) is 23.4. The van der Waals surface area contributed by atoms with Crippen molar-refractivity contribution in [1.29, 1.82) is 0 Å². The number of hydrogen-bond donors (Lipinski definition) is 4. The number of nitrogens with two attached hydrogens (primary N) is 1. The Morgan fingerprint density at radius 2 is 0.885 bits per heavy atom. The zero-order valence-corrected chi connectivity index (χ0v) is 49.9. The van der Waals surface area contributed by atoms with Crippen LogP contribution >= 0.6 is 10.7 Å². The van der Waals surface area contributed by atoms with Crippen molar-refractivity contribution in [2.75, 3.05) is 10.5 Å². The Balaban J connectivity index is 0.000000246. The maximum atomic E-state index is 14.3. The van der Waals surface area contributed by atoms with E-state index in [1.807, 2.05) is 62.6 Å². The van der Waals surface area contributed by atoms with Gasteiger partial charge in [0.1, 0.15) is 45.3 Å². The van der Waals surface area contributed by atoms with Gasteiger partial charge in [0.25, 0.3) is 19.1 Å². The van der Waals surface area contributed by atoms with Crippen molar-refractivity contribution >= 4 is 61.5 Å². The standard InChI is InChI=1S/C32H32F2N2O5S.C26H26ClF2NO5S.C6H7N.CH4.B/c1-20(2)30-32(42(39,40)35-25-6-4-3-5-7-25)29(21-8-12-23(33)13-9-21)31(22-10-14-24(34)15-11-22)36(30)17-16-27-18-26(37)19-28(38)41-27;1-15(2)24-26(36(27,33)34)23(16-3-7-18(28)8-4-16)25(17-5-9-19(29)10-6-17)30(24)12-11-21-13-20(31)14-22(32)35-21;7-6-4-2-1-3-5-6;;/h3-15,20,26-27,35,37H,16-19H2,1-2H3;3-10,15,20-21,31H,11-14H2,1-2H3;1-5H,7H2;1H4;/t26-,27?;20-,21?;;;/m11.../s1. The second-order valence-corrected chi connectivity index (χ2v) is 25.4. The minimum Gasteiger partial charge on any atom is -0.462 e. The first kappa shape index (κ1) is 68.4. The van der Waals surface area contributed by atoms with Crippen LogP contribution in [0.15, 0.2) is 168 Å². The van der Waals surface area contributed by atoms with Gasteiger partial charge in [-0.15, -0.1) is 0 Å². The van der Waals surface area contributed by atoms with Crippen LogP contribution in [0.3, 0.4) is 0 Å². The minimum absolute atomic E-state index is 0. The molecule has 4 atom stereocenters. The van der Waals surface area contributed by atoms with E-state index in [-0.39, 0.29) is 81.8 Å². The van der Waals surface area contributed by atoms with Crippen LogP contribution in [0.25, 0.3) is 44.8 Å². The third kappa shape index (κ3) is 17.1. The molecule has 2 fully saturated rings. The molecule has 10 rings (SSSR count). The second-order valence-electron chi connectivity index (χ2n) is 21.3. The number of aliphatic hydroxyl groups is 2. The third-order valence-corrected chi connectivity index (χ3v) is 17.1. The van der Waals surface area contributed by atoms with Crippen molar-refractivity contribution in [3.05, 3.63) is 192 Å². The lowest BCUT2D eigenvalue weighted by atomic mass is 10.00. The predicted octanol–water partition coefficient (Wildman–Crippen LogP) is 13.6. The zero-order chi connectivity index (χ0) is 61.3. The number of benzene rings is 6. The summed E-state index contributed by atoms with van der Waals surface area (Å²) in [7, 11) is -2.51. The summed E-state index contributed by atoms with van der Waals surface area (Å²) in [5.74, 6) is -3.47. The molecule has 3 radical (unpaired) electrons. The topological polar surface area (TPSA) is 209 Å². The maximum Gasteiger partial charge on any atom is 0.308 e. The van der Waals surface area contributed by atoms with E-state index in [1.54, 1.807) is 47.0 Å². The first-order chi connectivity index (χ1) is 40.4. The van der Waals surface area contributed by atoms with Crippen molar-refractivity contribution in [2.45, 2.75) is 133 Å². The van der Waals surface area contributed by atoms with Gasteiger partial charge in [-0.3, -0.25) is 14.3 Å². The van der Waals surface area contributed by atoms with E-state index in [1.165, 1.54) is 84.9 Å². The number of ether oxygens (including phenoxy) is 2. The highest BCUT2D eigenvalue weighted by Gasteiger charge is 2.37. The van der Waals surface area contributed by atoms with Crippen molar-refractivity contribution in [1.82, 2.24) is 9.13 Å². The summed E-state index contributed by atoms with van der Waals surface area (Å²) in [6, 6.07) is 40.3. The van der Waals surface area contributed by atoms with E-state index in [4.69, 9.17) is 25.9 Å². The number of para-hydroxylation sites is 2. The zero-order valence-electron chi connectivity index (χ0n) is 47.5. The van der Waals surface area contributed by atoms with Gasteiger partial charge >= 0.3 is 11.9 Å². The number of rotatable bonds is 16. The van der Waals surface area contributed by atoms with E-state index < -0.39 is 78.7 Å². The predicted molar refractivity (Wildman–Crippen MR) is 332 cm³/mol. The molecule has 0 saturated carbocycles. The maximum absolute atomic E-state index is 14.3. The molecule has 0 aliphatic carbocycles. The van der Waals surface area contributed by atoms with E-state index >= 15 is 0 Å². The minimum atomic E-state index is -4.29. The number of hydrogen-bond acceptors (Lipinski definition) is 11. The molecule has 4 heterocycles. The molecule has 14 nitrogen and oxygen atoms in total. The Bertz CT molecular complexity index is 3840. The van der Waals surface area contributed by atoms with Gasteiger partial charge < -0.3 is 34.6 Å². The van der Waals surface area contributed by atoms with Crippen molar-refractivity contribution in [3.63, 3.8) is 0 Å². The van der Waals surface area contributed by atoms with Gasteiger partial charge in [-0.05, 0) is 131 Å². The molecule has 8 aromatic rings. The Hall–Kier alpha value is -7.69. The Labute approximate surface area is 512 Å². The van der Waals surface area contributed by atoms with Gasteiger partial charge in [0.15, 0.2) is 0 Å². The molecule has 459 valence electrons. The van der Waals surface area contributed by atoms with Crippen LogP contribution < -0.4 is 10.5 Å². The summed E-state index contributed by atoms with van der Waals surface area (Å²) in [6.45, 7) is 7.86. The number of anilines is 2. The van der Waals surface area contributed by atoms with Gasteiger partial charge in [0.2, 0.25) is 0 Å². The van der Waals surface area contributed by atoms with Crippen LogP contribution in [0.4, 0.5) is 28.9 Å². The number of nitrogens with zero attached hydrogens (tertiary/aromatic N) is 2. The molecule has 2 unspecified atom stereocenters. The number of nitrogen functional groups attached to an aromatic ring is 1. The molecule has 2 aromatic heterocycles. The van der Waals surface area contributed by atoms with Gasteiger partial charge in [-0.25, -0.2) is 34.4 Å². The lowest BCUT2D eigenvalue weighted by Gasteiger charge is -2.27. The van der Waals surface area contributed by atoms with Gasteiger partial charge in [0, 0.05) is 91.8 Å². The van der Waals surface area contributed by atoms with Crippen LogP contribution in [0.2, 0.25) is 0 Å². The van der Waals surface area contributed by atoms with Crippen LogP contribution in [0.5, 0.6) is 0 Å². The lowest BCUT2D eigenvalue weighted by molar-refractivity contribution is -0.161. The van der Waals surface area contributed by atoms with E-state index in [0.717, 1.165) is 5.69 Å². The number of esters is 2. The number of carbonyl (C=O) groups is 2. The van der Waals surface area contributed by atoms with Crippen LogP contribution in [0, 0.1) is 23.3 Å². The largest absolute Gasteiger partial charge is 0.462 e. The molecule has 6 aromatic carbocycles. The first-order valence-electron chi connectivity index (χ1n) is 27.5. The smallest absolute Gasteiger partial charge is 0.308 e. The Morgan fingerprint density at radius 3 is 1.21 bits per heavy atom. The second kappa shape index (κ2) is 29.8. The molecule has 22 heteroatoms. The fraction of sp³-hybridized carbons (Fsp3) is 0.292. The number of cyclic esters (lactones) is 2. The highest BCUT2D eigenvalue weighted by atomic mass is 35.7. The van der Waals surface area contributed by atoms with Gasteiger partial charge in [-0.1, -0.05) is 95.8 Å². The molecular formula is C65H69BClF4N4O10S2. The monoisotopic (exact) mass is 1250 g/mol. The van der Waals surface area contributed by atoms with Crippen molar-refractivity contribution < 1.29 is 63.7 Å². The molecule has 2 aliphatic rings. The molecule has 5 N–H and O–H groups in total.